The first-order chi connectivity index (χ1) is 7.25. The Labute approximate surface area is 95.0 Å². The number of nitrogen functional groups attached to an aromatic ring is 1. The van der Waals surface area contributed by atoms with Crippen LogP contribution in [0.1, 0.15) is 30.0 Å². The van der Waals surface area contributed by atoms with Crippen molar-refractivity contribution >= 4 is 17.3 Å². The third-order valence-corrected chi connectivity index (χ3v) is 3.96. The van der Waals surface area contributed by atoms with Crippen LogP contribution in [0, 0.1) is 0 Å². The summed E-state index contributed by atoms with van der Waals surface area (Å²) in [5.74, 6) is 0. The summed E-state index contributed by atoms with van der Waals surface area (Å²) in [5, 5.41) is 0.858. The highest BCUT2D eigenvalue weighted by Gasteiger charge is 2.32. The van der Waals surface area contributed by atoms with Gasteiger partial charge in [0.05, 0.1) is 0 Å². The Morgan fingerprint density at radius 3 is 3.07 bits per heavy atom. The lowest BCUT2D eigenvalue weighted by Crippen LogP contribution is -2.31. The molecule has 0 aliphatic carbocycles. The molecule has 0 bridgehead atoms. The lowest BCUT2D eigenvalue weighted by Gasteiger charge is -2.32. The quantitative estimate of drug-likeness (QED) is 0.684. The van der Waals surface area contributed by atoms with Crippen molar-refractivity contribution in [2.45, 2.75) is 25.3 Å². The number of hydrogen-bond acceptors (Lipinski definition) is 2. The summed E-state index contributed by atoms with van der Waals surface area (Å²) in [4.78, 5) is 2.55. The van der Waals surface area contributed by atoms with E-state index in [1.54, 1.807) is 0 Å². The minimum atomic E-state index is 0.578. The van der Waals surface area contributed by atoms with Crippen molar-refractivity contribution in [2.75, 3.05) is 18.8 Å². The van der Waals surface area contributed by atoms with Crippen molar-refractivity contribution in [3.8, 4) is 0 Å². The Hall–Kier alpha value is -0.730. The smallest absolute Gasteiger partial charge is 0.0462 e. The fourth-order valence-corrected chi connectivity index (χ4v) is 3.27. The minimum absolute atomic E-state index is 0.578. The molecule has 2 N–H and O–H groups in total. The second kappa shape index (κ2) is 3.39. The molecule has 0 saturated carbocycles. The molecule has 1 unspecified atom stereocenters. The first kappa shape index (κ1) is 9.49. The summed E-state index contributed by atoms with van der Waals surface area (Å²) in [5.41, 5.74) is 9.37. The number of nitrogens with two attached hydrogens (primary N) is 1. The van der Waals surface area contributed by atoms with Crippen LogP contribution >= 0.6 is 11.6 Å². The predicted molar refractivity (Wildman–Crippen MR) is 63.1 cm³/mol. The van der Waals surface area contributed by atoms with Crippen molar-refractivity contribution in [2.24, 2.45) is 0 Å². The average Bonchev–Trinajstić information content (AvgIpc) is 2.65. The van der Waals surface area contributed by atoms with Crippen LogP contribution in [0.4, 0.5) is 5.69 Å². The number of hydrogen-bond donors (Lipinski definition) is 1. The third kappa shape index (κ3) is 1.44. The van der Waals surface area contributed by atoms with Crippen LogP contribution in [-0.2, 0) is 6.42 Å². The van der Waals surface area contributed by atoms with Crippen LogP contribution in [0.25, 0.3) is 0 Å². The van der Waals surface area contributed by atoms with E-state index in [-0.39, 0.29) is 0 Å². The third-order valence-electron chi connectivity index (χ3n) is 3.62. The number of rotatable bonds is 0. The van der Waals surface area contributed by atoms with Gasteiger partial charge >= 0.3 is 0 Å². The van der Waals surface area contributed by atoms with Gasteiger partial charge in [0.25, 0.3) is 0 Å². The second-order valence-electron chi connectivity index (χ2n) is 4.51. The SMILES string of the molecule is Nc1cc(Cl)c2c(c1)C1CCCN1CC2. The first-order valence-corrected chi connectivity index (χ1v) is 5.95. The highest BCUT2D eigenvalue weighted by molar-refractivity contribution is 6.31. The Balaban J connectivity index is 2.12. The van der Waals surface area contributed by atoms with Gasteiger partial charge in [-0.2, -0.15) is 0 Å². The van der Waals surface area contributed by atoms with Crippen LogP contribution in [0.15, 0.2) is 12.1 Å². The second-order valence-corrected chi connectivity index (χ2v) is 4.92. The van der Waals surface area contributed by atoms with Gasteiger partial charge in [0.15, 0.2) is 0 Å². The summed E-state index contributed by atoms with van der Waals surface area (Å²) in [6, 6.07) is 4.57. The number of benzene rings is 1. The maximum atomic E-state index is 6.24. The van der Waals surface area contributed by atoms with Gasteiger partial charge in [-0.05, 0) is 49.1 Å². The number of fused-ring (bicyclic) bond motifs is 3. The molecule has 0 radical (unpaired) electrons. The fraction of sp³-hybridized carbons (Fsp3) is 0.500. The monoisotopic (exact) mass is 222 g/mol. The van der Waals surface area contributed by atoms with Crippen molar-refractivity contribution < 1.29 is 0 Å². The first-order valence-electron chi connectivity index (χ1n) is 5.57. The molecule has 1 aromatic carbocycles. The van der Waals surface area contributed by atoms with E-state index in [0.717, 1.165) is 23.7 Å². The molecular weight excluding hydrogens is 208 g/mol. The lowest BCUT2D eigenvalue weighted by molar-refractivity contribution is 0.244. The van der Waals surface area contributed by atoms with Crippen LogP contribution < -0.4 is 5.73 Å². The molecule has 1 aromatic rings. The average molecular weight is 223 g/mol. The highest BCUT2D eigenvalue weighted by atomic mass is 35.5. The number of nitrogens with zero attached hydrogens (tertiary/aromatic N) is 1. The van der Waals surface area contributed by atoms with E-state index < -0.39 is 0 Å². The zero-order valence-electron chi connectivity index (χ0n) is 8.67. The van der Waals surface area contributed by atoms with Gasteiger partial charge in [0, 0.05) is 23.3 Å². The van der Waals surface area contributed by atoms with Gasteiger partial charge in [0.1, 0.15) is 0 Å². The highest BCUT2D eigenvalue weighted by Crippen LogP contribution is 2.40. The molecule has 80 valence electrons. The standard InChI is InChI=1S/C12H15ClN2/c13-11-7-8(14)6-10-9(11)3-5-15-4-1-2-12(10)15/h6-7,12H,1-5,14H2. The van der Waals surface area contributed by atoms with Crippen molar-refractivity contribution in [1.29, 1.82) is 0 Å². The minimum Gasteiger partial charge on any atom is -0.399 e. The van der Waals surface area contributed by atoms with E-state index in [2.05, 4.69) is 11.0 Å². The van der Waals surface area contributed by atoms with Gasteiger partial charge < -0.3 is 5.73 Å². The molecule has 15 heavy (non-hydrogen) atoms. The summed E-state index contributed by atoms with van der Waals surface area (Å²) in [6.45, 7) is 2.39. The van der Waals surface area contributed by atoms with Crippen LogP contribution in [0.5, 0.6) is 0 Å². The summed E-state index contributed by atoms with van der Waals surface area (Å²) < 4.78 is 0. The molecule has 0 aromatic heterocycles. The molecule has 1 saturated heterocycles. The van der Waals surface area contributed by atoms with E-state index in [0.29, 0.717) is 6.04 Å². The topological polar surface area (TPSA) is 29.3 Å². The molecule has 2 aliphatic rings. The Kier molecular flexibility index (Phi) is 2.15. The zero-order valence-corrected chi connectivity index (χ0v) is 9.43. The molecule has 2 aliphatic heterocycles. The molecule has 1 fully saturated rings. The van der Waals surface area contributed by atoms with Gasteiger partial charge in [0.2, 0.25) is 0 Å². The van der Waals surface area contributed by atoms with Crippen LogP contribution in [0.3, 0.4) is 0 Å². The number of halogens is 1. The molecular formula is C12H15ClN2. The van der Waals surface area contributed by atoms with Gasteiger partial charge in [-0.25, -0.2) is 0 Å². The van der Waals surface area contributed by atoms with E-state index in [1.165, 1.54) is 30.5 Å². The molecule has 0 amide bonds. The molecule has 3 rings (SSSR count). The predicted octanol–water partition coefficient (Wildman–Crippen LogP) is 2.62. The normalized spacial score (nSPS) is 25.0. The summed E-state index contributed by atoms with van der Waals surface area (Å²) in [7, 11) is 0. The van der Waals surface area contributed by atoms with Gasteiger partial charge in [-0.3, -0.25) is 4.90 Å². The molecule has 2 nitrogen and oxygen atoms in total. The Morgan fingerprint density at radius 1 is 1.33 bits per heavy atom. The van der Waals surface area contributed by atoms with Crippen molar-refractivity contribution in [3.63, 3.8) is 0 Å². The summed E-state index contributed by atoms with van der Waals surface area (Å²) in [6.07, 6.45) is 3.63. The van der Waals surface area contributed by atoms with E-state index in [9.17, 15) is 0 Å². The zero-order chi connectivity index (χ0) is 10.4. The lowest BCUT2D eigenvalue weighted by atomic mass is 9.92. The maximum absolute atomic E-state index is 6.24. The van der Waals surface area contributed by atoms with Crippen LogP contribution in [0.2, 0.25) is 5.02 Å². The van der Waals surface area contributed by atoms with Crippen molar-refractivity contribution in [1.82, 2.24) is 4.90 Å². The van der Waals surface area contributed by atoms with Gasteiger partial charge in [-0.15, -0.1) is 0 Å². The Morgan fingerprint density at radius 2 is 2.20 bits per heavy atom. The van der Waals surface area contributed by atoms with E-state index >= 15 is 0 Å². The maximum Gasteiger partial charge on any atom is 0.0462 e. The molecule has 2 heterocycles. The van der Waals surface area contributed by atoms with Crippen LogP contribution in [-0.4, -0.2) is 18.0 Å². The fourth-order valence-electron chi connectivity index (χ4n) is 2.94. The Bertz CT molecular complexity index is 403. The van der Waals surface area contributed by atoms with Gasteiger partial charge in [-0.1, -0.05) is 11.6 Å². The van der Waals surface area contributed by atoms with E-state index in [4.69, 9.17) is 17.3 Å². The molecule has 1 atom stereocenters. The summed E-state index contributed by atoms with van der Waals surface area (Å²) >= 11 is 6.24. The largest absolute Gasteiger partial charge is 0.399 e. The van der Waals surface area contributed by atoms with E-state index in [1.807, 2.05) is 6.07 Å². The van der Waals surface area contributed by atoms with Crippen molar-refractivity contribution in [3.05, 3.63) is 28.3 Å². The molecule has 3 heteroatoms. The number of anilines is 1. The molecule has 0 spiro atoms.